The number of nitrogens with zero attached hydrogens (tertiary/aromatic N) is 2. The van der Waals surface area contributed by atoms with Crippen molar-refractivity contribution in [2.75, 3.05) is 0 Å². The number of aryl methyl sites for hydroxylation is 2. The smallest absolute Gasteiger partial charge is 0.0704 e. The van der Waals surface area contributed by atoms with Gasteiger partial charge in [0.2, 0.25) is 0 Å². The summed E-state index contributed by atoms with van der Waals surface area (Å²) in [6.45, 7) is 4.19. The van der Waals surface area contributed by atoms with Crippen molar-refractivity contribution < 1.29 is 0 Å². The van der Waals surface area contributed by atoms with Crippen LogP contribution < -0.4 is 0 Å². The molecular weight excluding hydrogens is 244 g/mol. The number of hydrogen-bond acceptors (Lipinski definition) is 2. The van der Waals surface area contributed by atoms with Gasteiger partial charge in [0.15, 0.2) is 0 Å². The second kappa shape index (κ2) is 5.25. The Morgan fingerprint density at radius 2 is 1.40 bits per heavy atom. The van der Waals surface area contributed by atoms with Crippen LogP contribution in [-0.2, 0) is 0 Å². The summed E-state index contributed by atoms with van der Waals surface area (Å²) in [6.07, 6.45) is 3.74. The maximum Gasteiger partial charge on any atom is 0.0704 e. The molecule has 2 nitrogen and oxygen atoms in total. The molecule has 98 valence electrons. The zero-order valence-electron chi connectivity index (χ0n) is 11.7. The highest BCUT2D eigenvalue weighted by Gasteiger charge is 2.03. The Morgan fingerprint density at radius 3 is 2.00 bits per heavy atom. The van der Waals surface area contributed by atoms with E-state index in [9.17, 15) is 0 Å². The first kappa shape index (κ1) is 12.5. The van der Waals surface area contributed by atoms with Crippen LogP contribution in [0.5, 0.6) is 0 Å². The zero-order chi connectivity index (χ0) is 13.9. The topological polar surface area (TPSA) is 25.8 Å². The van der Waals surface area contributed by atoms with Gasteiger partial charge < -0.3 is 0 Å². The van der Waals surface area contributed by atoms with Gasteiger partial charge in [0, 0.05) is 23.5 Å². The first-order valence-corrected chi connectivity index (χ1v) is 6.69. The molecule has 3 rings (SSSR count). The van der Waals surface area contributed by atoms with Crippen LogP contribution in [0.3, 0.4) is 0 Å². The highest BCUT2D eigenvalue weighted by Crippen LogP contribution is 2.23. The molecule has 0 aliphatic carbocycles. The fraction of sp³-hybridized carbons (Fsp3) is 0.111. The molecule has 0 saturated carbocycles. The predicted molar refractivity (Wildman–Crippen MR) is 82.4 cm³/mol. The quantitative estimate of drug-likeness (QED) is 0.681. The van der Waals surface area contributed by atoms with Crippen LogP contribution in [0.4, 0.5) is 0 Å². The molecular formula is C18H16N2. The molecule has 0 amide bonds. The van der Waals surface area contributed by atoms with Gasteiger partial charge in [-0.1, -0.05) is 30.3 Å². The molecule has 0 bridgehead atoms. The fourth-order valence-electron chi connectivity index (χ4n) is 2.13. The predicted octanol–water partition coefficient (Wildman–Crippen LogP) is 4.43. The molecule has 0 N–H and O–H groups in total. The average Bonchev–Trinajstić information content (AvgIpc) is 2.51. The minimum atomic E-state index is 0.993. The summed E-state index contributed by atoms with van der Waals surface area (Å²) < 4.78 is 0. The summed E-state index contributed by atoms with van der Waals surface area (Å²) in [7, 11) is 0. The summed E-state index contributed by atoms with van der Waals surface area (Å²) in [5.41, 5.74) is 6.75. The van der Waals surface area contributed by atoms with Gasteiger partial charge in [-0.25, -0.2) is 0 Å². The number of aromatic nitrogens is 2. The van der Waals surface area contributed by atoms with E-state index in [0.29, 0.717) is 0 Å². The molecule has 0 spiro atoms. The number of hydrogen-bond donors (Lipinski definition) is 0. The van der Waals surface area contributed by atoms with Crippen LogP contribution >= 0.6 is 0 Å². The third-order valence-corrected chi connectivity index (χ3v) is 3.51. The Kier molecular flexibility index (Phi) is 3.30. The molecule has 2 aromatic heterocycles. The molecule has 0 fully saturated rings. The summed E-state index contributed by atoms with van der Waals surface area (Å²) in [6, 6.07) is 16.5. The molecule has 0 aliphatic heterocycles. The van der Waals surface area contributed by atoms with Crippen molar-refractivity contribution in [3.05, 3.63) is 72.1 Å². The van der Waals surface area contributed by atoms with Crippen LogP contribution in [0.1, 0.15) is 11.1 Å². The largest absolute Gasteiger partial charge is 0.256 e. The van der Waals surface area contributed by atoms with Crippen LogP contribution in [0.2, 0.25) is 0 Å². The summed E-state index contributed by atoms with van der Waals surface area (Å²) in [4.78, 5) is 8.86. The molecule has 0 atom stereocenters. The van der Waals surface area contributed by atoms with Crippen molar-refractivity contribution in [1.29, 1.82) is 0 Å². The van der Waals surface area contributed by atoms with Gasteiger partial charge in [-0.15, -0.1) is 0 Å². The lowest BCUT2D eigenvalue weighted by Crippen LogP contribution is -1.88. The maximum absolute atomic E-state index is 4.50. The molecule has 3 aromatic rings. The van der Waals surface area contributed by atoms with Gasteiger partial charge in [-0.2, -0.15) is 0 Å². The van der Waals surface area contributed by atoms with Crippen molar-refractivity contribution in [3.63, 3.8) is 0 Å². The van der Waals surface area contributed by atoms with Gasteiger partial charge in [-0.05, 0) is 43.2 Å². The van der Waals surface area contributed by atoms with Gasteiger partial charge in [-0.3, -0.25) is 9.97 Å². The van der Waals surface area contributed by atoms with E-state index in [2.05, 4.69) is 54.1 Å². The molecule has 0 radical (unpaired) electrons. The van der Waals surface area contributed by atoms with Crippen molar-refractivity contribution in [1.82, 2.24) is 9.97 Å². The highest BCUT2D eigenvalue weighted by atomic mass is 14.7. The fourth-order valence-corrected chi connectivity index (χ4v) is 2.13. The SMILES string of the molecule is Cc1cnc(-c2ccc(-c3ccccn3)cc2)cc1C. The summed E-state index contributed by atoms with van der Waals surface area (Å²) in [5.74, 6) is 0. The average molecular weight is 260 g/mol. The van der Waals surface area contributed by atoms with E-state index >= 15 is 0 Å². The number of benzene rings is 1. The molecule has 20 heavy (non-hydrogen) atoms. The van der Waals surface area contributed by atoms with Crippen LogP contribution in [0.25, 0.3) is 22.5 Å². The normalized spacial score (nSPS) is 10.5. The highest BCUT2D eigenvalue weighted by molar-refractivity contribution is 5.67. The summed E-state index contributed by atoms with van der Waals surface area (Å²) >= 11 is 0. The molecule has 1 aromatic carbocycles. The molecule has 0 unspecified atom stereocenters. The van der Waals surface area contributed by atoms with E-state index in [1.54, 1.807) is 0 Å². The van der Waals surface area contributed by atoms with Gasteiger partial charge in [0.1, 0.15) is 0 Å². The van der Waals surface area contributed by atoms with Crippen molar-refractivity contribution >= 4 is 0 Å². The van der Waals surface area contributed by atoms with E-state index in [1.807, 2.05) is 30.6 Å². The third-order valence-electron chi connectivity index (χ3n) is 3.51. The third kappa shape index (κ3) is 2.45. The van der Waals surface area contributed by atoms with E-state index < -0.39 is 0 Å². The van der Waals surface area contributed by atoms with Gasteiger partial charge >= 0.3 is 0 Å². The second-order valence-electron chi connectivity index (χ2n) is 4.95. The molecule has 2 heteroatoms. The Bertz CT molecular complexity index is 716. The lowest BCUT2D eigenvalue weighted by molar-refractivity contribution is 1.22. The Hall–Kier alpha value is -2.48. The lowest BCUT2D eigenvalue weighted by Gasteiger charge is -2.06. The number of pyridine rings is 2. The Morgan fingerprint density at radius 1 is 0.700 bits per heavy atom. The van der Waals surface area contributed by atoms with Gasteiger partial charge in [0.05, 0.1) is 11.4 Å². The first-order chi connectivity index (χ1) is 9.74. The van der Waals surface area contributed by atoms with Crippen molar-refractivity contribution in [3.8, 4) is 22.5 Å². The first-order valence-electron chi connectivity index (χ1n) is 6.69. The minimum absolute atomic E-state index is 0.993. The van der Waals surface area contributed by atoms with Crippen LogP contribution in [-0.4, -0.2) is 9.97 Å². The van der Waals surface area contributed by atoms with Gasteiger partial charge in [0.25, 0.3) is 0 Å². The van der Waals surface area contributed by atoms with Crippen LogP contribution in [0.15, 0.2) is 60.9 Å². The van der Waals surface area contributed by atoms with E-state index in [0.717, 1.165) is 22.5 Å². The standard InChI is InChI=1S/C18H16N2/c1-13-11-18(20-12-14(13)2)16-8-6-15(7-9-16)17-5-3-4-10-19-17/h3-12H,1-2H3. The van der Waals surface area contributed by atoms with Crippen LogP contribution in [0, 0.1) is 13.8 Å². The molecule has 0 saturated heterocycles. The molecule has 0 aliphatic rings. The van der Waals surface area contributed by atoms with E-state index in [1.165, 1.54) is 11.1 Å². The summed E-state index contributed by atoms with van der Waals surface area (Å²) in [5, 5.41) is 0. The van der Waals surface area contributed by atoms with E-state index in [-0.39, 0.29) is 0 Å². The Balaban J connectivity index is 1.95. The maximum atomic E-state index is 4.50. The lowest BCUT2D eigenvalue weighted by atomic mass is 10.0. The van der Waals surface area contributed by atoms with E-state index in [4.69, 9.17) is 0 Å². The van der Waals surface area contributed by atoms with Crippen molar-refractivity contribution in [2.45, 2.75) is 13.8 Å². The monoisotopic (exact) mass is 260 g/mol. The Labute approximate surface area is 119 Å². The second-order valence-corrected chi connectivity index (χ2v) is 4.95. The number of rotatable bonds is 2. The van der Waals surface area contributed by atoms with Crippen molar-refractivity contribution in [2.24, 2.45) is 0 Å². The zero-order valence-corrected chi connectivity index (χ0v) is 11.7. The molecule has 2 heterocycles. The minimum Gasteiger partial charge on any atom is -0.256 e.